The number of amides is 1. The van der Waals surface area contributed by atoms with Gasteiger partial charge < -0.3 is 4.57 Å². The Bertz CT molecular complexity index is 985. The van der Waals surface area contributed by atoms with E-state index in [4.69, 9.17) is 0 Å². The highest BCUT2D eigenvalue weighted by molar-refractivity contribution is 7.15. The van der Waals surface area contributed by atoms with E-state index in [9.17, 15) is 18.0 Å². The summed E-state index contributed by atoms with van der Waals surface area (Å²) in [6.07, 6.45) is 1.03. The lowest BCUT2D eigenvalue weighted by Gasteiger charge is -2.08. The highest BCUT2D eigenvalue weighted by Gasteiger charge is 2.32. The van der Waals surface area contributed by atoms with Crippen molar-refractivity contribution in [2.75, 3.05) is 5.32 Å². The van der Waals surface area contributed by atoms with E-state index in [2.05, 4.69) is 10.3 Å². The minimum Gasteiger partial charge on any atom is -0.346 e. The number of alkyl halides is 3. The van der Waals surface area contributed by atoms with Crippen molar-refractivity contribution in [2.45, 2.75) is 32.5 Å². The number of fused-ring (bicyclic) bond motifs is 1. The summed E-state index contributed by atoms with van der Waals surface area (Å²) in [5.41, 5.74) is 0.0945. The number of carbonyl (C=O) groups is 1. The molecule has 8 heteroatoms. The van der Waals surface area contributed by atoms with Gasteiger partial charge in [0.15, 0.2) is 5.13 Å². The molecule has 0 unspecified atom stereocenters. The molecule has 1 aliphatic carbocycles. The van der Waals surface area contributed by atoms with Crippen LogP contribution >= 0.6 is 11.3 Å². The van der Waals surface area contributed by atoms with Crippen molar-refractivity contribution in [2.24, 2.45) is 5.92 Å². The molecule has 1 fully saturated rings. The Morgan fingerprint density at radius 3 is 2.77 bits per heavy atom. The van der Waals surface area contributed by atoms with Gasteiger partial charge in [-0.3, -0.25) is 10.1 Å². The van der Waals surface area contributed by atoms with Crippen LogP contribution in [-0.2, 0) is 12.7 Å². The summed E-state index contributed by atoms with van der Waals surface area (Å²) >= 11 is 1.35. The van der Waals surface area contributed by atoms with Crippen molar-refractivity contribution in [3.05, 3.63) is 46.6 Å². The number of nitrogens with one attached hydrogen (secondary N) is 1. The number of halogens is 3. The van der Waals surface area contributed by atoms with Crippen LogP contribution in [0.15, 0.2) is 30.6 Å². The quantitative estimate of drug-likeness (QED) is 0.687. The molecule has 4 nitrogen and oxygen atoms in total. The van der Waals surface area contributed by atoms with Crippen molar-refractivity contribution >= 4 is 33.3 Å². The minimum absolute atomic E-state index is 0.362. The number of aryl methyl sites for hydroxylation is 1. The largest absolute Gasteiger partial charge is 0.416 e. The maximum atomic E-state index is 13.1. The molecule has 1 amide bonds. The van der Waals surface area contributed by atoms with Crippen molar-refractivity contribution < 1.29 is 18.0 Å². The number of rotatable bonds is 4. The maximum Gasteiger partial charge on any atom is 0.416 e. The molecule has 136 valence electrons. The minimum atomic E-state index is -4.41. The third-order valence-corrected chi connectivity index (χ3v) is 5.28. The van der Waals surface area contributed by atoms with Gasteiger partial charge in [-0.25, -0.2) is 4.98 Å². The molecule has 1 aliphatic rings. The van der Waals surface area contributed by atoms with E-state index in [1.807, 2.05) is 6.92 Å². The first kappa shape index (κ1) is 17.1. The summed E-state index contributed by atoms with van der Waals surface area (Å²) in [6.45, 7) is 2.51. The normalized spacial score (nSPS) is 14.8. The summed E-state index contributed by atoms with van der Waals surface area (Å²) < 4.78 is 41.0. The predicted molar refractivity (Wildman–Crippen MR) is 94.5 cm³/mol. The molecule has 4 rings (SSSR count). The van der Waals surface area contributed by atoms with Crippen LogP contribution in [0.1, 0.15) is 33.6 Å². The third kappa shape index (κ3) is 3.33. The Hall–Kier alpha value is -2.35. The van der Waals surface area contributed by atoms with E-state index in [0.29, 0.717) is 34.1 Å². The van der Waals surface area contributed by atoms with Crippen LogP contribution in [0, 0.1) is 12.8 Å². The topological polar surface area (TPSA) is 46.9 Å². The molecule has 0 atom stereocenters. The monoisotopic (exact) mass is 379 g/mol. The molecule has 0 spiro atoms. The number of nitrogens with zero attached hydrogens (tertiary/aromatic N) is 2. The summed E-state index contributed by atoms with van der Waals surface area (Å²) in [5, 5.41) is 3.72. The summed E-state index contributed by atoms with van der Waals surface area (Å²) in [5.74, 6) is 0.108. The zero-order valence-electron chi connectivity index (χ0n) is 13.9. The molecule has 2 heterocycles. The van der Waals surface area contributed by atoms with E-state index in [1.54, 1.807) is 17.0 Å². The molecule has 26 heavy (non-hydrogen) atoms. The lowest BCUT2D eigenvalue weighted by molar-refractivity contribution is -0.137. The molecule has 3 aromatic rings. The van der Waals surface area contributed by atoms with Crippen LogP contribution in [0.5, 0.6) is 0 Å². The van der Waals surface area contributed by atoms with Crippen LogP contribution in [0.3, 0.4) is 0 Å². The molecule has 2 aromatic heterocycles. The Labute approximate surface area is 151 Å². The van der Waals surface area contributed by atoms with Crippen LogP contribution in [0.4, 0.5) is 18.3 Å². The third-order valence-electron chi connectivity index (χ3n) is 4.45. The summed E-state index contributed by atoms with van der Waals surface area (Å²) in [6, 6.07) is 3.53. The highest BCUT2D eigenvalue weighted by atomic mass is 32.1. The molecule has 1 N–H and O–H groups in total. The number of hydrogen-bond donors (Lipinski definition) is 1. The van der Waals surface area contributed by atoms with Gasteiger partial charge in [-0.2, -0.15) is 13.2 Å². The van der Waals surface area contributed by atoms with Crippen molar-refractivity contribution in [1.29, 1.82) is 0 Å². The van der Waals surface area contributed by atoms with E-state index in [1.165, 1.54) is 17.4 Å². The Morgan fingerprint density at radius 2 is 2.15 bits per heavy atom. The first-order chi connectivity index (χ1) is 12.3. The van der Waals surface area contributed by atoms with Gasteiger partial charge >= 0.3 is 6.18 Å². The van der Waals surface area contributed by atoms with Gasteiger partial charge in [0, 0.05) is 34.7 Å². The second-order valence-corrected chi connectivity index (χ2v) is 7.83. The van der Waals surface area contributed by atoms with Gasteiger partial charge in [0.25, 0.3) is 5.91 Å². The number of aromatic nitrogens is 2. The van der Waals surface area contributed by atoms with E-state index in [0.717, 1.165) is 29.9 Å². The molecule has 0 radical (unpaired) electrons. The first-order valence-electron chi connectivity index (χ1n) is 8.25. The number of benzene rings is 1. The Kier molecular flexibility index (Phi) is 4.02. The first-order valence-corrected chi connectivity index (χ1v) is 9.07. The zero-order chi connectivity index (χ0) is 18.5. The van der Waals surface area contributed by atoms with Crippen molar-refractivity contribution in [1.82, 2.24) is 9.55 Å². The maximum absolute atomic E-state index is 13.1. The molecular weight excluding hydrogens is 363 g/mol. The molecular formula is C18H16F3N3OS. The van der Waals surface area contributed by atoms with Crippen LogP contribution < -0.4 is 5.32 Å². The van der Waals surface area contributed by atoms with Gasteiger partial charge in [-0.1, -0.05) is 6.07 Å². The summed E-state index contributed by atoms with van der Waals surface area (Å²) in [7, 11) is 0. The number of thiazole rings is 1. The molecule has 1 aromatic carbocycles. The van der Waals surface area contributed by atoms with Gasteiger partial charge in [0.1, 0.15) is 0 Å². The SMILES string of the molecule is Cc1cnc(NC(=O)c2cn(CC3CC3)c3cc(C(F)(F)F)ccc23)s1. The standard InChI is InChI=1S/C18H16F3N3OS/c1-10-7-22-17(26-10)23-16(25)14-9-24(8-11-2-3-11)15-6-12(18(19,20)21)4-5-13(14)15/h4-7,9,11H,2-3,8H2,1H3,(H,22,23,25). The average molecular weight is 379 g/mol. The fourth-order valence-corrected chi connectivity index (χ4v) is 3.62. The fourth-order valence-electron chi connectivity index (χ4n) is 2.96. The van der Waals surface area contributed by atoms with E-state index >= 15 is 0 Å². The summed E-state index contributed by atoms with van der Waals surface area (Å²) in [4.78, 5) is 17.7. The van der Waals surface area contributed by atoms with Gasteiger partial charge in [0.05, 0.1) is 11.1 Å². The molecule has 0 saturated heterocycles. The zero-order valence-corrected chi connectivity index (χ0v) is 14.7. The molecule has 1 saturated carbocycles. The van der Waals surface area contributed by atoms with Crippen LogP contribution in [-0.4, -0.2) is 15.5 Å². The van der Waals surface area contributed by atoms with E-state index in [-0.39, 0.29) is 5.91 Å². The smallest absolute Gasteiger partial charge is 0.346 e. The van der Waals surface area contributed by atoms with E-state index < -0.39 is 11.7 Å². The lowest BCUT2D eigenvalue weighted by Crippen LogP contribution is -2.11. The average Bonchev–Trinajstić information content (AvgIpc) is 3.19. The second-order valence-electron chi connectivity index (χ2n) is 6.60. The van der Waals surface area contributed by atoms with Gasteiger partial charge in [0.2, 0.25) is 0 Å². The molecule has 0 bridgehead atoms. The van der Waals surface area contributed by atoms with Crippen molar-refractivity contribution in [3.63, 3.8) is 0 Å². The lowest BCUT2D eigenvalue weighted by atomic mass is 10.1. The Balaban J connectivity index is 1.74. The number of hydrogen-bond acceptors (Lipinski definition) is 3. The number of carbonyl (C=O) groups excluding carboxylic acids is 1. The number of anilines is 1. The van der Waals surface area contributed by atoms with Gasteiger partial charge in [-0.15, -0.1) is 11.3 Å². The van der Waals surface area contributed by atoms with Crippen LogP contribution in [0.2, 0.25) is 0 Å². The predicted octanol–water partition coefficient (Wildman–Crippen LogP) is 5.09. The fraction of sp³-hybridized carbons (Fsp3) is 0.333. The highest BCUT2D eigenvalue weighted by Crippen LogP contribution is 2.36. The van der Waals surface area contributed by atoms with Gasteiger partial charge in [-0.05, 0) is 37.8 Å². The van der Waals surface area contributed by atoms with Crippen LogP contribution in [0.25, 0.3) is 10.9 Å². The molecule has 0 aliphatic heterocycles. The van der Waals surface area contributed by atoms with Crippen molar-refractivity contribution in [3.8, 4) is 0 Å². The second kappa shape index (κ2) is 6.12. The Morgan fingerprint density at radius 1 is 1.38 bits per heavy atom.